The average Bonchev–Trinajstić information content (AvgIpc) is 2.70. The van der Waals surface area contributed by atoms with E-state index in [9.17, 15) is 13.5 Å². The average molecular weight is 332 g/mol. The molecule has 0 aliphatic heterocycles. The van der Waals surface area contributed by atoms with E-state index < -0.39 is 21.6 Å². The molecule has 1 aromatic rings. The fourth-order valence-corrected chi connectivity index (χ4v) is 3.22. The van der Waals surface area contributed by atoms with E-state index in [1.807, 2.05) is 34.6 Å². The molecule has 0 bridgehead atoms. The normalized spacial score (nSPS) is 14.4. The van der Waals surface area contributed by atoms with Gasteiger partial charge in [-0.3, -0.25) is 5.10 Å². The summed E-state index contributed by atoms with van der Waals surface area (Å²) in [5.74, 6) is 0.451. The zero-order valence-corrected chi connectivity index (χ0v) is 15.1. The Morgan fingerprint density at radius 1 is 1.27 bits per heavy atom. The van der Waals surface area contributed by atoms with E-state index in [4.69, 9.17) is 4.18 Å². The van der Waals surface area contributed by atoms with Gasteiger partial charge in [0.15, 0.2) is 0 Å². The first-order valence-electron chi connectivity index (χ1n) is 7.63. The standard InChI is InChI=1S/C15H28N2O4S/c1-10(2)8-7-9-22(19,20)21-14-12(15(4,5)6)13(11(3)18)16-17-14/h10-11,18H,7-9H2,1-6H3,(H,16,17). The fourth-order valence-electron chi connectivity index (χ4n) is 2.26. The number of hydrogen-bond acceptors (Lipinski definition) is 5. The molecule has 7 heteroatoms. The van der Waals surface area contributed by atoms with Crippen LogP contribution in [0.25, 0.3) is 0 Å². The Morgan fingerprint density at radius 2 is 1.86 bits per heavy atom. The summed E-state index contributed by atoms with van der Waals surface area (Å²) in [6, 6.07) is 0. The molecule has 0 aliphatic rings. The van der Waals surface area contributed by atoms with Crippen LogP contribution in [0.1, 0.15) is 71.7 Å². The lowest BCUT2D eigenvalue weighted by atomic mass is 9.86. The lowest BCUT2D eigenvalue weighted by Crippen LogP contribution is -2.19. The van der Waals surface area contributed by atoms with Gasteiger partial charge in [0.25, 0.3) is 5.88 Å². The molecule has 0 aliphatic carbocycles. The monoisotopic (exact) mass is 332 g/mol. The van der Waals surface area contributed by atoms with E-state index in [0.29, 0.717) is 23.6 Å². The molecule has 0 aromatic carbocycles. The summed E-state index contributed by atoms with van der Waals surface area (Å²) >= 11 is 0. The van der Waals surface area contributed by atoms with Gasteiger partial charge in [-0.1, -0.05) is 34.6 Å². The Bertz CT molecular complexity index is 583. The Hall–Kier alpha value is -1.08. The molecule has 22 heavy (non-hydrogen) atoms. The zero-order chi connectivity index (χ0) is 17.1. The van der Waals surface area contributed by atoms with Gasteiger partial charge in [0, 0.05) is 5.56 Å². The minimum Gasteiger partial charge on any atom is -0.387 e. The molecule has 6 nitrogen and oxygen atoms in total. The maximum absolute atomic E-state index is 12.1. The molecule has 0 saturated carbocycles. The molecule has 2 N–H and O–H groups in total. The second kappa shape index (κ2) is 7.00. The third kappa shape index (κ3) is 5.28. The molecule has 0 amide bonds. The van der Waals surface area contributed by atoms with Crippen molar-refractivity contribution < 1.29 is 17.7 Å². The Balaban J connectivity index is 2.98. The van der Waals surface area contributed by atoms with Crippen molar-refractivity contribution in [3.8, 4) is 5.88 Å². The summed E-state index contributed by atoms with van der Waals surface area (Å²) < 4.78 is 29.4. The molecule has 0 fully saturated rings. The van der Waals surface area contributed by atoms with Crippen molar-refractivity contribution in [1.29, 1.82) is 0 Å². The topological polar surface area (TPSA) is 92.3 Å². The fraction of sp³-hybridized carbons (Fsp3) is 0.800. The van der Waals surface area contributed by atoms with E-state index in [1.165, 1.54) is 0 Å². The highest BCUT2D eigenvalue weighted by Gasteiger charge is 2.30. The van der Waals surface area contributed by atoms with Crippen molar-refractivity contribution in [1.82, 2.24) is 10.2 Å². The number of rotatable bonds is 7. The molecule has 0 spiro atoms. The molecule has 0 saturated heterocycles. The van der Waals surface area contributed by atoms with Gasteiger partial charge in [0.2, 0.25) is 0 Å². The van der Waals surface area contributed by atoms with Gasteiger partial charge in [-0.05, 0) is 31.1 Å². The van der Waals surface area contributed by atoms with E-state index in [-0.39, 0.29) is 11.6 Å². The highest BCUT2D eigenvalue weighted by atomic mass is 32.2. The zero-order valence-electron chi connectivity index (χ0n) is 14.3. The van der Waals surface area contributed by atoms with E-state index in [1.54, 1.807) is 6.92 Å². The van der Waals surface area contributed by atoms with Crippen molar-refractivity contribution in [2.75, 3.05) is 5.75 Å². The molecular weight excluding hydrogens is 304 g/mol. The van der Waals surface area contributed by atoms with Crippen LogP contribution in [0.3, 0.4) is 0 Å². The number of aliphatic hydroxyl groups is 1. The van der Waals surface area contributed by atoms with Crippen LogP contribution in [0.5, 0.6) is 5.88 Å². The summed E-state index contributed by atoms with van der Waals surface area (Å²) in [5.41, 5.74) is 0.678. The van der Waals surface area contributed by atoms with E-state index >= 15 is 0 Å². The molecule has 1 heterocycles. The van der Waals surface area contributed by atoms with Crippen molar-refractivity contribution in [2.24, 2.45) is 5.92 Å². The summed E-state index contributed by atoms with van der Waals surface area (Å²) in [6.07, 6.45) is 0.606. The van der Waals surface area contributed by atoms with Crippen LogP contribution >= 0.6 is 0 Å². The first-order chi connectivity index (χ1) is 9.94. The van der Waals surface area contributed by atoms with Gasteiger partial charge in [-0.2, -0.15) is 8.42 Å². The molecule has 1 rings (SSSR count). The number of nitrogens with zero attached hydrogens (tertiary/aromatic N) is 1. The van der Waals surface area contributed by atoms with Crippen molar-refractivity contribution in [3.63, 3.8) is 0 Å². The SMILES string of the molecule is CC(C)CCCS(=O)(=O)Oc1n[nH]c(C(C)O)c1C(C)(C)C. The van der Waals surface area contributed by atoms with Crippen molar-refractivity contribution in [2.45, 2.75) is 65.9 Å². The van der Waals surface area contributed by atoms with Crippen LogP contribution in [0, 0.1) is 5.92 Å². The maximum atomic E-state index is 12.1. The molecular formula is C15H28N2O4S. The molecule has 128 valence electrons. The van der Waals surface area contributed by atoms with Crippen LogP contribution in [0.2, 0.25) is 0 Å². The van der Waals surface area contributed by atoms with Gasteiger partial charge in [-0.25, -0.2) is 0 Å². The summed E-state index contributed by atoms with van der Waals surface area (Å²) in [6.45, 7) is 11.5. The second-order valence-corrected chi connectivity index (χ2v) is 8.81. The van der Waals surface area contributed by atoms with Gasteiger partial charge >= 0.3 is 10.1 Å². The van der Waals surface area contributed by atoms with Crippen molar-refractivity contribution in [3.05, 3.63) is 11.3 Å². The van der Waals surface area contributed by atoms with Crippen LogP contribution in [-0.4, -0.2) is 29.5 Å². The first kappa shape index (κ1) is 19.0. The first-order valence-corrected chi connectivity index (χ1v) is 9.20. The molecule has 1 atom stereocenters. The number of aromatic amines is 1. The number of hydrogen-bond donors (Lipinski definition) is 2. The largest absolute Gasteiger partial charge is 0.387 e. The minimum atomic E-state index is -3.69. The Kier molecular flexibility index (Phi) is 6.03. The van der Waals surface area contributed by atoms with E-state index in [0.717, 1.165) is 6.42 Å². The lowest BCUT2D eigenvalue weighted by Gasteiger charge is -2.21. The maximum Gasteiger partial charge on any atom is 0.310 e. The second-order valence-electron chi connectivity index (χ2n) is 7.12. The van der Waals surface area contributed by atoms with Gasteiger partial charge in [0.1, 0.15) is 0 Å². The summed E-state index contributed by atoms with van der Waals surface area (Å²) in [4.78, 5) is 0. The minimum absolute atomic E-state index is 0.0351. The number of H-pyrrole nitrogens is 1. The van der Waals surface area contributed by atoms with Gasteiger partial charge in [0.05, 0.1) is 17.6 Å². The highest BCUT2D eigenvalue weighted by Crippen LogP contribution is 2.36. The number of nitrogens with one attached hydrogen (secondary N) is 1. The van der Waals surface area contributed by atoms with Crippen molar-refractivity contribution >= 4 is 10.1 Å². The molecule has 0 radical (unpaired) electrons. The smallest absolute Gasteiger partial charge is 0.310 e. The molecule has 1 unspecified atom stereocenters. The predicted molar refractivity (Wildman–Crippen MR) is 86.4 cm³/mol. The lowest BCUT2D eigenvalue weighted by molar-refractivity contribution is 0.191. The number of aromatic nitrogens is 2. The molecule has 1 aromatic heterocycles. The summed E-state index contributed by atoms with van der Waals surface area (Å²) in [5, 5.41) is 16.4. The van der Waals surface area contributed by atoms with Crippen LogP contribution < -0.4 is 4.18 Å². The van der Waals surface area contributed by atoms with Gasteiger partial charge in [-0.15, -0.1) is 5.10 Å². The van der Waals surface area contributed by atoms with E-state index in [2.05, 4.69) is 10.2 Å². The highest BCUT2D eigenvalue weighted by molar-refractivity contribution is 7.87. The Labute approximate surface area is 133 Å². The van der Waals surface area contributed by atoms with Crippen LogP contribution in [0.4, 0.5) is 0 Å². The number of aliphatic hydroxyl groups excluding tert-OH is 1. The third-order valence-electron chi connectivity index (χ3n) is 3.31. The third-order valence-corrected chi connectivity index (χ3v) is 4.51. The summed E-state index contributed by atoms with van der Waals surface area (Å²) in [7, 11) is -3.69. The van der Waals surface area contributed by atoms with Crippen LogP contribution in [-0.2, 0) is 15.5 Å². The Morgan fingerprint density at radius 3 is 2.32 bits per heavy atom. The van der Waals surface area contributed by atoms with Gasteiger partial charge < -0.3 is 9.29 Å². The quantitative estimate of drug-likeness (QED) is 0.749. The van der Waals surface area contributed by atoms with Crippen LogP contribution in [0.15, 0.2) is 0 Å². The predicted octanol–water partition coefficient (Wildman–Crippen LogP) is 2.91.